The van der Waals surface area contributed by atoms with Gasteiger partial charge in [-0.25, -0.2) is 9.78 Å². The van der Waals surface area contributed by atoms with Gasteiger partial charge in [-0.2, -0.15) is 0 Å². The first-order chi connectivity index (χ1) is 6.52. The van der Waals surface area contributed by atoms with Gasteiger partial charge in [-0.1, -0.05) is 13.8 Å². The number of aromatic nitrogens is 2. The Labute approximate surface area is 83.6 Å². The van der Waals surface area contributed by atoms with E-state index >= 15 is 0 Å². The van der Waals surface area contributed by atoms with Crippen molar-refractivity contribution in [1.82, 2.24) is 9.55 Å². The Bertz CT molecular complexity index is 329. The number of hydrogen-bond donors (Lipinski definition) is 1. The molecule has 0 spiro atoms. The first kappa shape index (κ1) is 10.8. The minimum atomic E-state index is -0.940. The standard InChI is InChI=1S/C10H16N2O2/c1-7(2)4-5-8-9(10(13)14)11-6-12(8)3/h6-7H,4-5H2,1-3H3,(H,13,14). The average Bonchev–Trinajstić information content (AvgIpc) is 2.43. The molecule has 0 saturated carbocycles. The molecule has 0 unspecified atom stereocenters. The summed E-state index contributed by atoms with van der Waals surface area (Å²) in [5, 5.41) is 8.87. The quantitative estimate of drug-likeness (QED) is 0.797. The van der Waals surface area contributed by atoms with Crippen molar-refractivity contribution in [2.24, 2.45) is 13.0 Å². The summed E-state index contributed by atoms with van der Waals surface area (Å²) in [5.41, 5.74) is 0.999. The summed E-state index contributed by atoms with van der Waals surface area (Å²) in [5.74, 6) is -0.365. The third kappa shape index (κ3) is 2.34. The number of nitrogens with zero attached hydrogens (tertiary/aromatic N) is 2. The van der Waals surface area contributed by atoms with Gasteiger partial charge in [0.1, 0.15) is 0 Å². The number of aryl methyl sites for hydroxylation is 1. The van der Waals surface area contributed by atoms with Gasteiger partial charge in [-0.05, 0) is 18.8 Å². The van der Waals surface area contributed by atoms with E-state index in [1.165, 1.54) is 0 Å². The number of imidazole rings is 1. The molecule has 0 saturated heterocycles. The molecule has 1 rings (SSSR count). The average molecular weight is 196 g/mol. The van der Waals surface area contributed by atoms with Crippen LogP contribution in [0.4, 0.5) is 0 Å². The molecular formula is C10H16N2O2. The normalized spacial score (nSPS) is 10.9. The van der Waals surface area contributed by atoms with Gasteiger partial charge in [0.25, 0.3) is 0 Å². The van der Waals surface area contributed by atoms with Crippen LogP contribution >= 0.6 is 0 Å². The van der Waals surface area contributed by atoms with E-state index in [9.17, 15) is 4.79 Å². The van der Waals surface area contributed by atoms with E-state index in [1.54, 1.807) is 10.9 Å². The molecule has 0 bridgehead atoms. The summed E-state index contributed by atoms with van der Waals surface area (Å²) in [4.78, 5) is 14.7. The lowest BCUT2D eigenvalue weighted by atomic mass is 10.1. The van der Waals surface area contributed by atoms with E-state index in [4.69, 9.17) is 5.11 Å². The lowest BCUT2D eigenvalue weighted by Gasteiger charge is -2.06. The van der Waals surface area contributed by atoms with Crippen LogP contribution in [-0.4, -0.2) is 20.6 Å². The second-order valence-electron chi connectivity index (χ2n) is 3.89. The number of hydrogen-bond acceptors (Lipinski definition) is 2. The monoisotopic (exact) mass is 196 g/mol. The summed E-state index contributed by atoms with van der Waals surface area (Å²) < 4.78 is 1.78. The van der Waals surface area contributed by atoms with Crippen molar-refractivity contribution in [3.05, 3.63) is 17.7 Å². The van der Waals surface area contributed by atoms with Crippen molar-refractivity contribution in [3.8, 4) is 0 Å². The molecule has 4 nitrogen and oxygen atoms in total. The SMILES string of the molecule is CC(C)CCc1c(C(=O)O)ncn1C. The summed E-state index contributed by atoms with van der Waals surface area (Å²) in [6.07, 6.45) is 3.31. The van der Waals surface area contributed by atoms with Crippen LogP contribution in [0, 0.1) is 5.92 Å². The van der Waals surface area contributed by atoms with Crippen molar-refractivity contribution >= 4 is 5.97 Å². The van der Waals surface area contributed by atoms with Crippen LogP contribution in [-0.2, 0) is 13.5 Å². The lowest BCUT2D eigenvalue weighted by molar-refractivity contribution is 0.0689. The molecule has 0 amide bonds. The number of aromatic carboxylic acids is 1. The van der Waals surface area contributed by atoms with Crippen LogP contribution in [0.25, 0.3) is 0 Å². The topological polar surface area (TPSA) is 55.1 Å². The zero-order valence-electron chi connectivity index (χ0n) is 8.82. The molecular weight excluding hydrogens is 180 g/mol. The van der Waals surface area contributed by atoms with E-state index in [0.29, 0.717) is 5.92 Å². The molecule has 1 aromatic heterocycles. The zero-order chi connectivity index (χ0) is 10.7. The van der Waals surface area contributed by atoms with Crippen molar-refractivity contribution in [3.63, 3.8) is 0 Å². The Morgan fingerprint density at radius 3 is 2.79 bits per heavy atom. The van der Waals surface area contributed by atoms with Crippen LogP contribution in [0.3, 0.4) is 0 Å². The van der Waals surface area contributed by atoms with Crippen LogP contribution < -0.4 is 0 Å². The van der Waals surface area contributed by atoms with Crippen molar-refractivity contribution in [2.75, 3.05) is 0 Å². The third-order valence-electron chi connectivity index (χ3n) is 2.22. The number of carbonyl (C=O) groups is 1. The maximum atomic E-state index is 10.8. The molecule has 0 aliphatic carbocycles. The van der Waals surface area contributed by atoms with Crippen LogP contribution in [0.15, 0.2) is 6.33 Å². The number of rotatable bonds is 4. The fourth-order valence-electron chi connectivity index (χ4n) is 1.35. The van der Waals surface area contributed by atoms with Gasteiger partial charge in [0.2, 0.25) is 0 Å². The maximum Gasteiger partial charge on any atom is 0.356 e. The zero-order valence-corrected chi connectivity index (χ0v) is 8.82. The predicted octanol–water partition coefficient (Wildman–Crippen LogP) is 1.71. The highest BCUT2D eigenvalue weighted by Gasteiger charge is 2.15. The van der Waals surface area contributed by atoms with Gasteiger partial charge in [0.05, 0.1) is 12.0 Å². The molecule has 1 N–H and O–H groups in total. The van der Waals surface area contributed by atoms with Crippen molar-refractivity contribution < 1.29 is 9.90 Å². The lowest BCUT2D eigenvalue weighted by Crippen LogP contribution is -2.06. The highest BCUT2D eigenvalue weighted by Crippen LogP contribution is 2.12. The minimum absolute atomic E-state index is 0.188. The molecule has 0 fully saturated rings. The van der Waals surface area contributed by atoms with Gasteiger partial charge in [0, 0.05) is 7.05 Å². The smallest absolute Gasteiger partial charge is 0.356 e. The molecule has 0 radical (unpaired) electrons. The van der Waals surface area contributed by atoms with E-state index in [1.807, 2.05) is 7.05 Å². The number of carboxylic acids is 1. The predicted molar refractivity (Wildman–Crippen MR) is 53.3 cm³/mol. The Kier molecular flexibility index (Phi) is 3.28. The second kappa shape index (κ2) is 4.26. The van der Waals surface area contributed by atoms with Crippen LogP contribution in [0.5, 0.6) is 0 Å². The highest BCUT2D eigenvalue weighted by atomic mass is 16.4. The van der Waals surface area contributed by atoms with E-state index < -0.39 is 5.97 Å². The Balaban J connectivity index is 2.83. The van der Waals surface area contributed by atoms with Gasteiger partial charge in [-0.15, -0.1) is 0 Å². The van der Waals surface area contributed by atoms with Gasteiger partial charge < -0.3 is 9.67 Å². The van der Waals surface area contributed by atoms with Crippen LogP contribution in [0.2, 0.25) is 0 Å². The molecule has 4 heteroatoms. The first-order valence-electron chi connectivity index (χ1n) is 4.76. The van der Waals surface area contributed by atoms with Gasteiger partial charge in [-0.3, -0.25) is 0 Å². The first-order valence-corrected chi connectivity index (χ1v) is 4.76. The summed E-state index contributed by atoms with van der Waals surface area (Å²) in [7, 11) is 1.83. The Morgan fingerprint density at radius 2 is 2.29 bits per heavy atom. The molecule has 14 heavy (non-hydrogen) atoms. The van der Waals surface area contributed by atoms with E-state index in [2.05, 4.69) is 18.8 Å². The molecule has 0 aliphatic heterocycles. The second-order valence-corrected chi connectivity index (χ2v) is 3.89. The van der Waals surface area contributed by atoms with Crippen molar-refractivity contribution in [1.29, 1.82) is 0 Å². The largest absolute Gasteiger partial charge is 0.476 e. The third-order valence-corrected chi connectivity index (χ3v) is 2.22. The summed E-state index contributed by atoms with van der Waals surface area (Å²) in [6, 6.07) is 0. The van der Waals surface area contributed by atoms with Gasteiger partial charge >= 0.3 is 5.97 Å². The fraction of sp³-hybridized carbons (Fsp3) is 0.600. The molecule has 0 aromatic carbocycles. The van der Waals surface area contributed by atoms with E-state index in [-0.39, 0.29) is 5.69 Å². The fourth-order valence-corrected chi connectivity index (χ4v) is 1.35. The van der Waals surface area contributed by atoms with Crippen molar-refractivity contribution in [2.45, 2.75) is 26.7 Å². The summed E-state index contributed by atoms with van der Waals surface area (Å²) in [6.45, 7) is 4.24. The Hall–Kier alpha value is -1.32. The highest BCUT2D eigenvalue weighted by molar-refractivity contribution is 5.86. The maximum absolute atomic E-state index is 10.8. The molecule has 1 heterocycles. The molecule has 0 aliphatic rings. The molecule has 78 valence electrons. The minimum Gasteiger partial charge on any atom is -0.476 e. The van der Waals surface area contributed by atoms with Gasteiger partial charge in [0.15, 0.2) is 5.69 Å². The van der Waals surface area contributed by atoms with E-state index in [0.717, 1.165) is 18.5 Å². The Morgan fingerprint density at radius 1 is 1.64 bits per heavy atom. The molecule has 0 atom stereocenters. The number of carboxylic acid groups (broad SMARTS) is 1. The van der Waals surface area contributed by atoms with Crippen LogP contribution in [0.1, 0.15) is 36.5 Å². The molecule has 1 aromatic rings. The summed E-state index contributed by atoms with van der Waals surface area (Å²) >= 11 is 0.